The Bertz CT molecular complexity index is 1360. The van der Waals surface area contributed by atoms with Gasteiger partial charge in [0.15, 0.2) is 0 Å². The molecular formula is C27H29N5O4. The van der Waals surface area contributed by atoms with Crippen LogP contribution in [-0.2, 0) is 11.3 Å². The number of hydrogen-bond donors (Lipinski definition) is 1. The summed E-state index contributed by atoms with van der Waals surface area (Å²) in [5.41, 5.74) is 1.20. The Morgan fingerprint density at radius 1 is 0.917 bits per heavy atom. The molecule has 5 rings (SSSR count). The molecule has 0 bridgehead atoms. The number of carbonyl (C=O) groups is 3. The molecule has 9 heteroatoms. The smallest absolute Gasteiger partial charge is 0.262 e. The highest BCUT2D eigenvalue weighted by Crippen LogP contribution is 2.28. The van der Waals surface area contributed by atoms with Gasteiger partial charge in [0.2, 0.25) is 5.91 Å². The van der Waals surface area contributed by atoms with Crippen LogP contribution in [0.5, 0.6) is 0 Å². The Morgan fingerprint density at radius 2 is 1.53 bits per heavy atom. The number of nitrogens with zero attached hydrogens (tertiary/aromatic N) is 4. The van der Waals surface area contributed by atoms with Gasteiger partial charge in [-0.2, -0.15) is 0 Å². The van der Waals surface area contributed by atoms with Crippen molar-refractivity contribution in [1.82, 2.24) is 24.7 Å². The monoisotopic (exact) mass is 487 g/mol. The molecule has 0 aliphatic carbocycles. The first-order chi connectivity index (χ1) is 17.3. The highest BCUT2D eigenvalue weighted by Gasteiger charge is 2.44. The predicted molar refractivity (Wildman–Crippen MR) is 134 cm³/mol. The summed E-state index contributed by atoms with van der Waals surface area (Å²) < 4.78 is 0. The maximum atomic E-state index is 13.6. The van der Waals surface area contributed by atoms with Gasteiger partial charge in [0.1, 0.15) is 11.9 Å². The number of carbonyl (C=O) groups excluding carboxylic acids is 3. The van der Waals surface area contributed by atoms with Crippen LogP contribution in [0.1, 0.15) is 46.8 Å². The first-order valence-corrected chi connectivity index (χ1v) is 12.3. The molecule has 0 spiro atoms. The topological polar surface area (TPSA) is 107 Å². The zero-order valence-electron chi connectivity index (χ0n) is 20.4. The molecule has 0 radical (unpaired) electrons. The van der Waals surface area contributed by atoms with Gasteiger partial charge in [-0.25, -0.2) is 4.98 Å². The molecule has 9 nitrogen and oxygen atoms in total. The number of aromatic nitrogens is 2. The van der Waals surface area contributed by atoms with Gasteiger partial charge in [-0.3, -0.25) is 29.0 Å². The van der Waals surface area contributed by atoms with Crippen molar-refractivity contribution in [2.24, 2.45) is 5.92 Å². The first kappa shape index (κ1) is 23.9. The van der Waals surface area contributed by atoms with Gasteiger partial charge in [0.25, 0.3) is 17.4 Å². The van der Waals surface area contributed by atoms with Crippen molar-refractivity contribution >= 4 is 28.6 Å². The Morgan fingerprint density at radius 3 is 2.17 bits per heavy atom. The number of aromatic amines is 1. The number of para-hydroxylation sites is 1. The van der Waals surface area contributed by atoms with Crippen molar-refractivity contribution in [3.05, 3.63) is 75.8 Å². The molecule has 3 heterocycles. The molecule has 0 saturated carbocycles. The lowest BCUT2D eigenvalue weighted by Crippen LogP contribution is -2.56. The second kappa shape index (κ2) is 9.66. The van der Waals surface area contributed by atoms with Crippen LogP contribution >= 0.6 is 0 Å². The minimum absolute atomic E-state index is 0.125. The lowest BCUT2D eigenvalue weighted by Gasteiger charge is -2.38. The predicted octanol–water partition coefficient (Wildman–Crippen LogP) is 2.28. The quantitative estimate of drug-likeness (QED) is 0.535. The molecule has 3 amide bonds. The number of fused-ring (bicyclic) bond motifs is 2. The largest absolute Gasteiger partial charge is 0.338 e. The molecule has 1 unspecified atom stereocenters. The molecule has 1 fully saturated rings. The number of piperazine rings is 1. The maximum Gasteiger partial charge on any atom is 0.262 e. The Labute approximate surface area is 208 Å². The van der Waals surface area contributed by atoms with E-state index in [1.807, 2.05) is 32.0 Å². The van der Waals surface area contributed by atoms with E-state index in [2.05, 4.69) is 14.9 Å². The fourth-order valence-corrected chi connectivity index (χ4v) is 5.01. The van der Waals surface area contributed by atoms with Crippen LogP contribution in [0, 0.1) is 5.92 Å². The number of benzene rings is 2. The fraction of sp³-hybridized carbons (Fsp3) is 0.370. The minimum Gasteiger partial charge on any atom is -0.338 e. The summed E-state index contributed by atoms with van der Waals surface area (Å²) in [7, 11) is 0. The van der Waals surface area contributed by atoms with E-state index in [1.54, 1.807) is 35.2 Å². The SMILES string of the molecule is CC(C)CC(C(=O)N1CCN(Cc2nc3ccccc3c(=O)[nH]2)CC1)N1C(=O)c2ccccc2C1=O. The Balaban J connectivity index is 1.28. The Hall–Kier alpha value is -3.85. The first-order valence-electron chi connectivity index (χ1n) is 12.3. The average molecular weight is 488 g/mol. The molecule has 186 valence electrons. The summed E-state index contributed by atoms with van der Waals surface area (Å²) in [6.07, 6.45) is 0.409. The van der Waals surface area contributed by atoms with E-state index in [4.69, 9.17) is 0 Å². The molecule has 1 aromatic heterocycles. The molecule has 3 aromatic rings. The summed E-state index contributed by atoms with van der Waals surface area (Å²) in [5, 5.41) is 0.556. The summed E-state index contributed by atoms with van der Waals surface area (Å²) in [6.45, 7) is 6.55. The molecule has 1 atom stereocenters. The third-order valence-corrected chi connectivity index (χ3v) is 6.84. The van der Waals surface area contributed by atoms with Crippen LogP contribution in [0.15, 0.2) is 53.3 Å². The van der Waals surface area contributed by atoms with Gasteiger partial charge in [0.05, 0.1) is 28.6 Å². The van der Waals surface area contributed by atoms with E-state index in [-0.39, 0.29) is 17.4 Å². The standard InChI is InChI=1S/C27H29N5O4/c1-17(2)15-22(32-25(34)18-7-3-4-8-19(18)26(32)35)27(36)31-13-11-30(12-14-31)16-23-28-21-10-6-5-9-20(21)24(33)29-23/h3-10,17,22H,11-16H2,1-2H3,(H,28,29,33). The van der Waals surface area contributed by atoms with Gasteiger partial charge in [-0.15, -0.1) is 0 Å². The summed E-state index contributed by atoms with van der Waals surface area (Å²) >= 11 is 0. The van der Waals surface area contributed by atoms with Crippen molar-refractivity contribution in [2.75, 3.05) is 26.2 Å². The number of H-pyrrole nitrogens is 1. The maximum absolute atomic E-state index is 13.6. The van der Waals surface area contributed by atoms with Crippen molar-refractivity contribution in [3.8, 4) is 0 Å². The fourth-order valence-electron chi connectivity index (χ4n) is 5.01. The lowest BCUT2D eigenvalue weighted by atomic mass is 10.0. The van der Waals surface area contributed by atoms with Crippen LogP contribution in [0.4, 0.5) is 0 Å². The van der Waals surface area contributed by atoms with Crippen LogP contribution in [-0.4, -0.2) is 74.6 Å². The number of hydrogen-bond acceptors (Lipinski definition) is 6. The van der Waals surface area contributed by atoms with Crippen molar-refractivity contribution in [2.45, 2.75) is 32.9 Å². The van der Waals surface area contributed by atoms with E-state index < -0.39 is 17.9 Å². The van der Waals surface area contributed by atoms with E-state index in [9.17, 15) is 19.2 Å². The van der Waals surface area contributed by atoms with Crippen LogP contribution in [0.25, 0.3) is 10.9 Å². The third kappa shape index (κ3) is 4.42. The van der Waals surface area contributed by atoms with E-state index in [0.29, 0.717) is 67.0 Å². The molecule has 2 aliphatic heterocycles. The summed E-state index contributed by atoms with van der Waals surface area (Å²) in [5.74, 6) is -0.295. The molecule has 1 saturated heterocycles. The summed E-state index contributed by atoms with van der Waals surface area (Å²) in [6, 6.07) is 13.1. The van der Waals surface area contributed by atoms with E-state index >= 15 is 0 Å². The average Bonchev–Trinajstić information content (AvgIpc) is 3.12. The molecule has 36 heavy (non-hydrogen) atoms. The highest BCUT2D eigenvalue weighted by atomic mass is 16.2. The third-order valence-electron chi connectivity index (χ3n) is 6.84. The van der Waals surface area contributed by atoms with E-state index in [1.165, 1.54) is 0 Å². The zero-order valence-corrected chi connectivity index (χ0v) is 20.4. The van der Waals surface area contributed by atoms with E-state index in [0.717, 1.165) is 4.90 Å². The lowest BCUT2D eigenvalue weighted by molar-refractivity contribution is -0.137. The highest BCUT2D eigenvalue weighted by molar-refractivity contribution is 6.22. The Kier molecular flexibility index (Phi) is 6.40. The van der Waals surface area contributed by atoms with Gasteiger partial charge < -0.3 is 9.88 Å². The second-order valence-corrected chi connectivity index (χ2v) is 9.80. The number of amides is 3. The normalized spacial score (nSPS) is 17.2. The van der Waals surface area contributed by atoms with Crippen LogP contribution in [0.3, 0.4) is 0 Å². The van der Waals surface area contributed by atoms with Crippen molar-refractivity contribution in [3.63, 3.8) is 0 Å². The zero-order chi connectivity index (χ0) is 25.4. The van der Waals surface area contributed by atoms with Gasteiger partial charge in [0, 0.05) is 26.2 Å². The number of rotatable bonds is 6. The summed E-state index contributed by atoms with van der Waals surface area (Å²) in [4.78, 5) is 64.6. The van der Waals surface area contributed by atoms with Crippen molar-refractivity contribution < 1.29 is 14.4 Å². The van der Waals surface area contributed by atoms with Gasteiger partial charge in [-0.1, -0.05) is 38.1 Å². The van der Waals surface area contributed by atoms with Gasteiger partial charge >= 0.3 is 0 Å². The number of nitrogens with one attached hydrogen (secondary N) is 1. The molecule has 2 aliphatic rings. The minimum atomic E-state index is -0.831. The van der Waals surface area contributed by atoms with Gasteiger partial charge in [-0.05, 0) is 36.6 Å². The number of imide groups is 1. The van der Waals surface area contributed by atoms with Crippen LogP contribution < -0.4 is 5.56 Å². The van der Waals surface area contributed by atoms with Crippen molar-refractivity contribution in [1.29, 1.82) is 0 Å². The second-order valence-electron chi connectivity index (χ2n) is 9.80. The molecule has 1 N–H and O–H groups in total. The molecular weight excluding hydrogens is 458 g/mol. The van der Waals surface area contributed by atoms with Crippen LogP contribution in [0.2, 0.25) is 0 Å². The molecule has 2 aromatic carbocycles.